The summed E-state index contributed by atoms with van der Waals surface area (Å²) in [5.74, 6) is -0.312. The summed E-state index contributed by atoms with van der Waals surface area (Å²) in [5, 5.41) is 3.30. The van der Waals surface area contributed by atoms with Crippen molar-refractivity contribution >= 4 is 11.6 Å². The van der Waals surface area contributed by atoms with Gasteiger partial charge < -0.3 is 4.90 Å². The Kier molecular flexibility index (Phi) is 4.39. The Bertz CT molecular complexity index is 692. The van der Waals surface area contributed by atoms with Crippen molar-refractivity contribution in [3.8, 4) is 0 Å². The summed E-state index contributed by atoms with van der Waals surface area (Å²) >= 11 is 0. The number of nitrogens with zero attached hydrogens (tertiary/aromatic N) is 2. The number of aromatic nitrogens is 1. The Labute approximate surface area is 135 Å². The minimum atomic E-state index is -0.367. The molecule has 120 valence electrons. The van der Waals surface area contributed by atoms with E-state index in [-0.39, 0.29) is 29.8 Å². The maximum atomic E-state index is 13.3. The van der Waals surface area contributed by atoms with E-state index in [1.54, 1.807) is 6.20 Å². The van der Waals surface area contributed by atoms with E-state index in [4.69, 9.17) is 0 Å². The number of hydrogen-bond acceptors (Lipinski definition) is 3. The van der Waals surface area contributed by atoms with E-state index in [0.717, 1.165) is 17.7 Å². The lowest BCUT2D eigenvalue weighted by Gasteiger charge is -2.22. The van der Waals surface area contributed by atoms with Gasteiger partial charge in [-0.3, -0.25) is 15.1 Å². The highest BCUT2D eigenvalue weighted by molar-refractivity contribution is 6.00. The predicted octanol–water partition coefficient (Wildman–Crippen LogP) is 3.07. The summed E-state index contributed by atoms with van der Waals surface area (Å²) in [5.41, 5.74) is 1.65. The molecule has 1 N–H and O–H groups in total. The zero-order valence-corrected chi connectivity index (χ0v) is 13.2. The summed E-state index contributed by atoms with van der Waals surface area (Å²) in [4.78, 5) is 18.4. The fourth-order valence-corrected chi connectivity index (χ4v) is 3.11. The van der Waals surface area contributed by atoms with Gasteiger partial charge in [0, 0.05) is 24.0 Å². The monoisotopic (exact) mass is 313 g/mol. The number of benzene rings is 1. The lowest BCUT2D eigenvalue weighted by atomic mass is 10.1. The largest absolute Gasteiger partial charge is 0.308 e. The number of hydrogen-bond donors (Lipinski definition) is 1. The van der Waals surface area contributed by atoms with Crippen molar-refractivity contribution < 1.29 is 9.18 Å². The predicted molar refractivity (Wildman–Crippen MR) is 87.5 cm³/mol. The lowest BCUT2D eigenvalue weighted by Crippen LogP contribution is -2.40. The van der Waals surface area contributed by atoms with Gasteiger partial charge in [-0.2, -0.15) is 0 Å². The molecular formula is C18H20FN3O. The Hall–Kier alpha value is -2.27. The van der Waals surface area contributed by atoms with Crippen molar-refractivity contribution in [1.29, 1.82) is 0 Å². The van der Waals surface area contributed by atoms with Crippen LogP contribution < -0.4 is 10.2 Å². The first-order valence-corrected chi connectivity index (χ1v) is 7.81. The number of pyridine rings is 1. The number of amides is 1. The average Bonchev–Trinajstić information content (AvgIpc) is 2.82. The van der Waals surface area contributed by atoms with Crippen LogP contribution in [0.15, 0.2) is 48.8 Å². The van der Waals surface area contributed by atoms with E-state index < -0.39 is 0 Å². The minimum absolute atomic E-state index is 0.0555. The third-order valence-electron chi connectivity index (χ3n) is 4.26. The fraction of sp³-hybridized carbons (Fsp3) is 0.333. The first kappa shape index (κ1) is 15.6. The zero-order valence-electron chi connectivity index (χ0n) is 13.2. The van der Waals surface area contributed by atoms with Crippen LogP contribution in [-0.4, -0.2) is 23.0 Å². The summed E-state index contributed by atoms with van der Waals surface area (Å²) < 4.78 is 13.3. The van der Waals surface area contributed by atoms with Crippen LogP contribution in [0.25, 0.3) is 0 Å². The average molecular weight is 313 g/mol. The number of carbonyl (C=O) groups is 1. The van der Waals surface area contributed by atoms with Crippen molar-refractivity contribution in [2.45, 2.75) is 38.4 Å². The topological polar surface area (TPSA) is 45.2 Å². The van der Waals surface area contributed by atoms with Gasteiger partial charge in [-0.1, -0.05) is 18.2 Å². The molecule has 1 amide bonds. The molecule has 1 aliphatic rings. The van der Waals surface area contributed by atoms with Crippen LogP contribution in [0.4, 0.5) is 10.1 Å². The zero-order chi connectivity index (χ0) is 16.4. The maximum Gasteiger partial charge on any atom is 0.244 e. The van der Waals surface area contributed by atoms with E-state index in [1.807, 2.05) is 49.1 Å². The van der Waals surface area contributed by atoms with Crippen LogP contribution in [0, 0.1) is 5.82 Å². The molecule has 0 unspecified atom stereocenters. The normalized spacial score (nSPS) is 22.4. The molecule has 0 radical (unpaired) electrons. The number of rotatable bonds is 4. The Morgan fingerprint density at radius 1 is 1.30 bits per heavy atom. The van der Waals surface area contributed by atoms with E-state index >= 15 is 0 Å². The van der Waals surface area contributed by atoms with Gasteiger partial charge in [0.25, 0.3) is 0 Å². The van der Waals surface area contributed by atoms with Crippen LogP contribution in [0.2, 0.25) is 0 Å². The molecule has 3 atom stereocenters. The molecule has 0 aliphatic carbocycles. The van der Waals surface area contributed by atoms with Gasteiger partial charge in [-0.25, -0.2) is 4.39 Å². The Morgan fingerprint density at radius 2 is 2.04 bits per heavy atom. The molecule has 23 heavy (non-hydrogen) atoms. The molecule has 1 aromatic heterocycles. The first-order valence-electron chi connectivity index (χ1n) is 7.81. The SMILES string of the molecule is C[C@H](N[C@@H]1C[C@H](C)N(c2ccccc2)C1=O)c1cncc(F)c1. The van der Waals surface area contributed by atoms with Gasteiger partial charge in [0.1, 0.15) is 5.82 Å². The van der Waals surface area contributed by atoms with E-state index in [2.05, 4.69) is 10.3 Å². The smallest absolute Gasteiger partial charge is 0.244 e. The second-order valence-electron chi connectivity index (χ2n) is 6.01. The van der Waals surface area contributed by atoms with Crippen LogP contribution in [0.5, 0.6) is 0 Å². The molecule has 3 rings (SSSR count). The van der Waals surface area contributed by atoms with Crippen LogP contribution in [-0.2, 0) is 4.79 Å². The summed E-state index contributed by atoms with van der Waals surface area (Å²) in [6.07, 6.45) is 3.52. The second-order valence-corrected chi connectivity index (χ2v) is 6.01. The summed E-state index contributed by atoms with van der Waals surface area (Å²) in [6.45, 7) is 3.96. The number of anilines is 1. The number of nitrogens with one attached hydrogen (secondary N) is 1. The second kappa shape index (κ2) is 6.46. The Morgan fingerprint density at radius 3 is 2.74 bits per heavy atom. The highest BCUT2D eigenvalue weighted by Gasteiger charge is 2.38. The molecule has 2 aromatic rings. The fourth-order valence-electron chi connectivity index (χ4n) is 3.11. The molecule has 2 heterocycles. The molecule has 4 nitrogen and oxygen atoms in total. The molecule has 1 aliphatic heterocycles. The van der Waals surface area contributed by atoms with Gasteiger partial charge in [-0.15, -0.1) is 0 Å². The van der Waals surface area contributed by atoms with Crippen molar-refractivity contribution in [3.05, 3.63) is 60.2 Å². The highest BCUT2D eigenvalue weighted by Crippen LogP contribution is 2.27. The molecular weight excluding hydrogens is 293 g/mol. The van der Waals surface area contributed by atoms with Crippen molar-refractivity contribution in [1.82, 2.24) is 10.3 Å². The first-order chi connectivity index (χ1) is 11.1. The third-order valence-corrected chi connectivity index (χ3v) is 4.26. The standard InChI is InChI=1S/C18H20FN3O/c1-12-8-17(18(23)22(12)16-6-4-3-5-7-16)21-13(2)14-9-15(19)11-20-10-14/h3-7,9-13,17,21H,8H2,1-2H3/t12-,13-,17+/m0/s1. The van der Waals surface area contributed by atoms with Crippen molar-refractivity contribution in [2.75, 3.05) is 4.90 Å². The molecule has 5 heteroatoms. The summed E-state index contributed by atoms with van der Waals surface area (Å²) in [7, 11) is 0. The maximum absolute atomic E-state index is 13.3. The van der Waals surface area contributed by atoms with Gasteiger partial charge in [0.15, 0.2) is 0 Å². The number of halogens is 1. The van der Waals surface area contributed by atoms with E-state index in [0.29, 0.717) is 0 Å². The highest BCUT2D eigenvalue weighted by atomic mass is 19.1. The van der Waals surface area contributed by atoms with Gasteiger partial charge in [0.2, 0.25) is 5.91 Å². The van der Waals surface area contributed by atoms with E-state index in [9.17, 15) is 9.18 Å². The van der Waals surface area contributed by atoms with Crippen molar-refractivity contribution in [2.24, 2.45) is 0 Å². The quantitative estimate of drug-likeness (QED) is 0.943. The van der Waals surface area contributed by atoms with Gasteiger partial charge in [0.05, 0.1) is 12.2 Å². The van der Waals surface area contributed by atoms with Crippen LogP contribution >= 0.6 is 0 Å². The third kappa shape index (κ3) is 3.24. The Balaban J connectivity index is 1.74. The summed E-state index contributed by atoms with van der Waals surface area (Å²) in [6, 6.07) is 10.8. The number of para-hydroxylation sites is 1. The minimum Gasteiger partial charge on any atom is -0.308 e. The van der Waals surface area contributed by atoms with Crippen LogP contribution in [0.3, 0.4) is 0 Å². The molecule has 1 saturated heterocycles. The lowest BCUT2D eigenvalue weighted by molar-refractivity contribution is -0.119. The molecule has 1 fully saturated rings. The van der Waals surface area contributed by atoms with Crippen molar-refractivity contribution in [3.63, 3.8) is 0 Å². The molecule has 0 spiro atoms. The van der Waals surface area contributed by atoms with Crippen LogP contribution in [0.1, 0.15) is 31.9 Å². The molecule has 0 bridgehead atoms. The molecule has 0 saturated carbocycles. The van der Waals surface area contributed by atoms with E-state index in [1.165, 1.54) is 12.3 Å². The van der Waals surface area contributed by atoms with Gasteiger partial charge >= 0.3 is 0 Å². The van der Waals surface area contributed by atoms with Gasteiger partial charge in [-0.05, 0) is 44.0 Å². The molecule has 1 aromatic carbocycles. The number of carbonyl (C=O) groups excluding carboxylic acids is 1.